The predicted octanol–water partition coefficient (Wildman–Crippen LogP) is -0.0144. The first kappa shape index (κ1) is 20.3. The number of para-hydroxylation sites is 1. The molecule has 2 aromatic carbocycles. The van der Waals surface area contributed by atoms with Gasteiger partial charge in [0.05, 0.1) is 12.2 Å². The van der Waals surface area contributed by atoms with Crippen molar-refractivity contribution in [3.63, 3.8) is 0 Å². The van der Waals surface area contributed by atoms with Gasteiger partial charge in [-0.1, -0.05) is 30.3 Å². The molecule has 164 valence electrons. The molecule has 0 aliphatic carbocycles. The molecule has 4 amide bonds. The highest BCUT2D eigenvalue weighted by Gasteiger charge is 2.73. The monoisotopic (exact) mass is 437 g/mol. The second-order valence-electron chi connectivity index (χ2n) is 8.60. The number of hydrogen-bond donors (Lipinski definition) is 3. The number of imide groups is 1. The summed E-state index contributed by atoms with van der Waals surface area (Å²) in [6, 6.07) is 12.3. The van der Waals surface area contributed by atoms with Gasteiger partial charge in [-0.05, 0) is 23.8 Å². The number of likely N-dealkylation sites (tertiary alicyclic amines) is 1. The van der Waals surface area contributed by atoms with Gasteiger partial charge in [0, 0.05) is 18.4 Å². The van der Waals surface area contributed by atoms with Crippen molar-refractivity contribution in [2.45, 2.75) is 31.0 Å². The Labute approximate surface area is 182 Å². The Kier molecular flexibility index (Phi) is 4.59. The number of carbonyl (C=O) groups excluding carboxylic acids is 4. The highest BCUT2D eigenvalue weighted by Crippen LogP contribution is 2.49. The molecule has 3 heterocycles. The molecule has 0 bridgehead atoms. The zero-order valence-electron chi connectivity index (χ0n) is 17.1. The number of quaternary nitrogens is 1. The summed E-state index contributed by atoms with van der Waals surface area (Å²) < 4.78 is 13.3. The maximum Gasteiger partial charge on any atom is 0.291 e. The molecular formula is C23H22FN4O4+. The largest absolute Gasteiger partial charge is 0.370 e. The Morgan fingerprint density at radius 2 is 1.81 bits per heavy atom. The average Bonchev–Trinajstić information content (AvgIpc) is 3.34. The maximum atomic E-state index is 13.6. The lowest BCUT2D eigenvalue weighted by molar-refractivity contribution is -0.734. The van der Waals surface area contributed by atoms with Crippen LogP contribution in [0.3, 0.4) is 0 Å². The molecule has 2 aromatic rings. The molecule has 0 aromatic heterocycles. The summed E-state index contributed by atoms with van der Waals surface area (Å²) in [5, 5.41) is 4.62. The third kappa shape index (κ3) is 2.85. The van der Waals surface area contributed by atoms with Crippen LogP contribution in [0.1, 0.15) is 24.0 Å². The third-order valence-electron chi connectivity index (χ3n) is 6.85. The minimum Gasteiger partial charge on any atom is -0.370 e. The van der Waals surface area contributed by atoms with E-state index in [0.29, 0.717) is 16.8 Å². The first-order valence-electron chi connectivity index (χ1n) is 10.5. The smallest absolute Gasteiger partial charge is 0.291 e. The van der Waals surface area contributed by atoms with Crippen molar-refractivity contribution in [2.24, 2.45) is 17.6 Å². The number of nitrogens with one attached hydrogen (secondary N) is 1. The predicted molar refractivity (Wildman–Crippen MR) is 110 cm³/mol. The summed E-state index contributed by atoms with van der Waals surface area (Å²) >= 11 is 0. The van der Waals surface area contributed by atoms with Gasteiger partial charge in [0.1, 0.15) is 23.7 Å². The fourth-order valence-electron chi connectivity index (χ4n) is 5.48. The normalized spacial score (nSPS) is 28.2. The number of hydrogen-bond acceptors (Lipinski definition) is 4. The van der Waals surface area contributed by atoms with E-state index in [4.69, 9.17) is 5.73 Å². The van der Waals surface area contributed by atoms with E-state index in [1.165, 1.54) is 24.3 Å². The molecule has 3 aliphatic heterocycles. The zero-order valence-corrected chi connectivity index (χ0v) is 17.1. The molecule has 0 unspecified atom stereocenters. The third-order valence-corrected chi connectivity index (χ3v) is 6.85. The van der Waals surface area contributed by atoms with E-state index in [1.54, 1.807) is 29.6 Å². The Morgan fingerprint density at radius 3 is 2.53 bits per heavy atom. The van der Waals surface area contributed by atoms with Crippen LogP contribution in [0.5, 0.6) is 0 Å². The average molecular weight is 437 g/mol. The SMILES string of the molecule is NC(=O)CC[C@@H]1[NH2+][C@@]2(C(=O)Nc3ccccc32)[C@@H]2C(=O)N(Cc3ccc(F)cc3)C(=O)[C@H]12. The Bertz CT molecular complexity index is 1150. The van der Waals surface area contributed by atoms with Gasteiger partial charge in [-0.15, -0.1) is 0 Å². The van der Waals surface area contributed by atoms with E-state index in [2.05, 4.69) is 5.32 Å². The molecule has 8 nitrogen and oxygen atoms in total. The van der Waals surface area contributed by atoms with Crippen molar-refractivity contribution < 1.29 is 28.9 Å². The van der Waals surface area contributed by atoms with E-state index < -0.39 is 41.0 Å². The van der Waals surface area contributed by atoms with Crippen LogP contribution in [0.4, 0.5) is 10.1 Å². The minimum atomic E-state index is -1.28. The Balaban J connectivity index is 1.56. The van der Waals surface area contributed by atoms with Crippen molar-refractivity contribution in [2.75, 3.05) is 5.32 Å². The van der Waals surface area contributed by atoms with Gasteiger partial charge in [-0.2, -0.15) is 0 Å². The van der Waals surface area contributed by atoms with Gasteiger partial charge < -0.3 is 16.4 Å². The number of benzene rings is 2. The highest BCUT2D eigenvalue weighted by molar-refractivity contribution is 6.13. The maximum absolute atomic E-state index is 13.6. The van der Waals surface area contributed by atoms with Crippen LogP contribution >= 0.6 is 0 Å². The van der Waals surface area contributed by atoms with E-state index in [-0.39, 0.29) is 31.2 Å². The van der Waals surface area contributed by atoms with Crippen LogP contribution in [0.25, 0.3) is 0 Å². The van der Waals surface area contributed by atoms with Crippen molar-refractivity contribution in [3.8, 4) is 0 Å². The van der Waals surface area contributed by atoms with Gasteiger partial charge in [-0.25, -0.2) is 4.39 Å². The highest BCUT2D eigenvalue weighted by atomic mass is 19.1. The lowest BCUT2D eigenvalue weighted by atomic mass is 9.76. The number of carbonyl (C=O) groups is 4. The number of nitrogens with zero attached hydrogens (tertiary/aromatic N) is 1. The van der Waals surface area contributed by atoms with Gasteiger partial charge >= 0.3 is 0 Å². The second kappa shape index (κ2) is 7.23. The Hall–Kier alpha value is -3.59. The zero-order chi connectivity index (χ0) is 22.6. The van der Waals surface area contributed by atoms with Crippen LogP contribution in [0.2, 0.25) is 0 Å². The van der Waals surface area contributed by atoms with Crippen molar-refractivity contribution in [1.82, 2.24) is 4.90 Å². The number of nitrogens with two attached hydrogens (primary N) is 2. The summed E-state index contributed by atoms with van der Waals surface area (Å²) in [5.74, 6) is -3.76. The molecule has 9 heteroatoms. The molecule has 0 radical (unpaired) electrons. The molecule has 5 N–H and O–H groups in total. The molecule has 3 aliphatic rings. The first-order chi connectivity index (χ1) is 15.3. The molecule has 1 spiro atoms. The van der Waals surface area contributed by atoms with Crippen LogP contribution in [-0.4, -0.2) is 34.6 Å². The summed E-state index contributed by atoms with van der Waals surface area (Å²) in [6.07, 6.45) is 0.320. The van der Waals surface area contributed by atoms with Gasteiger partial charge in [0.25, 0.3) is 5.91 Å². The molecular weight excluding hydrogens is 415 g/mol. The first-order valence-corrected chi connectivity index (χ1v) is 10.5. The number of fused-ring (bicyclic) bond motifs is 4. The van der Waals surface area contributed by atoms with Gasteiger partial charge in [0.2, 0.25) is 23.3 Å². The van der Waals surface area contributed by atoms with Crippen molar-refractivity contribution in [1.29, 1.82) is 0 Å². The fraction of sp³-hybridized carbons (Fsp3) is 0.304. The number of primary amides is 1. The number of rotatable bonds is 5. The number of amides is 4. The molecule has 2 fully saturated rings. The topological polar surface area (TPSA) is 126 Å². The standard InChI is InChI=1S/C23H21FN4O4/c24-13-7-5-12(6-8-13)11-28-20(30)18-16(9-10-17(25)29)27-23(19(18)21(28)31)14-3-1-2-4-15(14)26-22(23)32/h1-8,16,18-19,27H,9-11H2,(H2,25,29)(H,26,32)/p+1/t16-,18+,19-,23+/m0/s1. The second-order valence-corrected chi connectivity index (χ2v) is 8.60. The lowest BCUT2D eigenvalue weighted by Gasteiger charge is -2.26. The molecule has 4 atom stereocenters. The quantitative estimate of drug-likeness (QED) is 0.569. The van der Waals surface area contributed by atoms with E-state index in [1.807, 2.05) is 0 Å². The fourth-order valence-corrected chi connectivity index (χ4v) is 5.48. The van der Waals surface area contributed by atoms with Crippen LogP contribution < -0.4 is 16.4 Å². The summed E-state index contributed by atoms with van der Waals surface area (Å²) in [4.78, 5) is 52.9. The number of halogens is 1. The summed E-state index contributed by atoms with van der Waals surface area (Å²) in [7, 11) is 0. The van der Waals surface area contributed by atoms with Crippen LogP contribution in [0.15, 0.2) is 48.5 Å². The van der Waals surface area contributed by atoms with Gasteiger partial charge in [0.15, 0.2) is 0 Å². The van der Waals surface area contributed by atoms with Crippen molar-refractivity contribution >= 4 is 29.3 Å². The lowest BCUT2D eigenvalue weighted by Crippen LogP contribution is -2.99. The molecule has 5 rings (SSSR count). The Morgan fingerprint density at radius 1 is 1.09 bits per heavy atom. The molecule has 2 saturated heterocycles. The molecule has 0 saturated carbocycles. The summed E-state index contributed by atoms with van der Waals surface area (Å²) in [5.41, 5.74) is 5.93. The van der Waals surface area contributed by atoms with Gasteiger partial charge in [-0.3, -0.25) is 24.1 Å². The summed E-state index contributed by atoms with van der Waals surface area (Å²) in [6.45, 7) is -0.00711. The molecule has 32 heavy (non-hydrogen) atoms. The van der Waals surface area contributed by atoms with E-state index in [9.17, 15) is 23.6 Å². The van der Waals surface area contributed by atoms with Crippen LogP contribution in [0, 0.1) is 17.7 Å². The minimum absolute atomic E-state index is 0.00711. The van der Waals surface area contributed by atoms with Crippen molar-refractivity contribution in [3.05, 3.63) is 65.5 Å². The van der Waals surface area contributed by atoms with E-state index in [0.717, 1.165) is 4.90 Å². The van der Waals surface area contributed by atoms with E-state index >= 15 is 0 Å². The number of anilines is 1. The van der Waals surface area contributed by atoms with Crippen LogP contribution in [-0.2, 0) is 31.3 Å².